The quantitative estimate of drug-likeness (QED) is 0.655. The average Bonchev–Trinajstić information content (AvgIpc) is 2.59. The highest BCUT2D eigenvalue weighted by Crippen LogP contribution is 2.34. The Balaban J connectivity index is 0.000000151. The van der Waals surface area contributed by atoms with Crippen molar-refractivity contribution in [3.8, 4) is 11.5 Å². The molecule has 4 unspecified atom stereocenters. The maximum absolute atomic E-state index is 9.66. The number of hydrogen-bond acceptors (Lipinski definition) is 2. The Morgan fingerprint density at radius 2 is 1.23 bits per heavy atom. The molecular formula is C24H32O2. The lowest BCUT2D eigenvalue weighted by atomic mass is 9.77. The van der Waals surface area contributed by atoms with Crippen LogP contribution in [0, 0.1) is 23.7 Å². The SMILES string of the molecule is CC1Cc2ccc(O)cc2CC1C.CC1Cc2cccc(O)c2CC1C. The molecule has 140 valence electrons. The monoisotopic (exact) mass is 352 g/mol. The minimum atomic E-state index is 0.403. The molecule has 0 amide bonds. The van der Waals surface area contributed by atoms with E-state index in [1.165, 1.54) is 22.3 Å². The van der Waals surface area contributed by atoms with Crippen molar-refractivity contribution in [2.24, 2.45) is 23.7 Å². The summed E-state index contributed by atoms with van der Waals surface area (Å²) in [4.78, 5) is 0. The molecule has 4 rings (SSSR count). The van der Waals surface area contributed by atoms with E-state index in [1.807, 2.05) is 12.1 Å². The molecule has 0 fully saturated rings. The fourth-order valence-corrected chi connectivity index (χ4v) is 4.22. The summed E-state index contributed by atoms with van der Waals surface area (Å²) in [5, 5.41) is 19.0. The van der Waals surface area contributed by atoms with Crippen molar-refractivity contribution in [2.75, 3.05) is 0 Å². The van der Waals surface area contributed by atoms with Crippen LogP contribution in [-0.2, 0) is 25.7 Å². The first kappa shape index (κ1) is 18.8. The molecule has 0 saturated heterocycles. The van der Waals surface area contributed by atoms with Gasteiger partial charge in [-0.15, -0.1) is 0 Å². The van der Waals surface area contributed by atoms with Crippen molar-refractivity contribution in [1.29, 1.82) is 0 Å². The third kappa shape index (κ3) is 4.06. The van der Waals surface area contributed by atoms with Gasteiger partial charge in [-0.05, 0) is 89.8 Å². The lowest BCUT2D eigenvalue weighted by Crippen LogP contribution is -2.20. The van der Waals surface area contributed by atoms with E-state index in [1.54, 1.807) is 12.1 Å². The van der Waals surface area contributed by atoms with E-state index in [9.17, 15) is 10.2 Å². The third-order valence-electron chi connectivity index (χ3n) is 6.53. The molecule has 26 heavy (non-hydrogen) atoms. The van der Waals surface area contributed by atoms with Crippen molar-refractivity contribution >= 4 is 0 Å². The molecule has 2 aliphatic carbocycles. The van der Waals surface area contributed by atoms with Crippen LogP contribution in [-0.4, -0.2) is 10.2 Å². The van der Waals surface area contributed by atoms with E-state index < -0.39 is 0 Å². The van der Waals surface area contributed by atoms with Crippen LogP contribution in [0.5, 0.6) is 11.5 Å². The highest BCUT2D eigenvalue weighted by Gasteiger charge is 2.23. The number of aromatic hydroxyl groups is 2. The predicted molar refractivity (Wildman–Crippen MR) is 108 cm³/mol. The van der Waals surface area contributed by atoms with Crippen molar-refractivity contribution in [3.05, 3.63) is 58.7 Å². The Labute approximate surface area is 157 Å². The Hall–Kier alpha value is -1.96. The molecule has 0 heterocycles. The van der Waals surface area contributed by atoms with Gasteiger partial charge in [-0.1, -0.05) is 45.9 Å². The zero-order chi connectivity index (χ0) is 18.8. The minimum absolute atomic E-state index is 0.403. The van der Waals surface area contributed by atoms with E-state index in [2.05, 4.69) is 39.8 Å². The molecule has 2 nitrogen and oxygen atoms in total. The molecule has 0 aliphatic heterocycles. The van der Waals surface area contributed by atoms with Crippen LogP contribution < -0.4 is 0 Å². The van der Waals surface area contributed by atoms with Gasteiger partial charge in [0.05, 0.1) is 0 Å². The number of benzene rings is 2. The van der Waals surface area contributed by atoms with Gasteiger partial charge in [-0.25, -0.2) is 0 Å². The van der Waals surface area contributed by atoms with E-state index >= 15 is 0 Å². The Morgan fingerprint density at radius 1 is 0.654 bits per heavy atom. The number of rotatable bonds is 0. The van der Waals surface area contributed by atoms with Crippen LogP contribution in [0.2, 0.25) is 0 Å². The van der Waals surface area contributed by atoms with Crippen LogP contribution in [0.3, 0.4) is 0 Å². The molecule has 2 aliphatic rings. The Bertz CT molecular complexity index is 761. The van der Waals surface area contributed by atoms with Gasteiger partial charge < -0.3 is 10.2 Å². The highest BCUT2D eigenvalue weighted by molar-refractivity contribution is 5.41. The second kappa shape index (κ2) is 7.73. The van der Waals surface area contributed by atoms with Crippen LogP contribution >= 0.6 is 0 Å². The second-order valence-electron chi connectivity index (χ2n) is 8.59. The topological polar surface area (TPSA) is 40.5 Å². The van der Waals surface area contributed by atoms with Crippen molar-refractivity contribution in [2.45, 2.75) is 53.4 Å². The molecule has 0 saturated carbocycles. The van der Waals surface area contributed by atoms with Crippen LogP contribution in [0.4, 0.5) is 0 Å². The summed E-state index contributed by atoms with van der Waals surface area (Å²) < 4.78 is 0. The second-order valence-corrected chi connectivity index (χ2v) is 8.59. The molecule has 0 spiro atoms. The van der Waals surface area contributed by atoms with Gasteiger partial charge in [0.2, 0.25) is 0 Å². The Morgan fingerprint density at radius 3 is 1.92 bits per heavy atom. The molecule has 2 aromatic carbocycles. The number of fused-ring (bicyclic) bond motifs is 2. The normalized spacial score (nSPS) is 26.9. The largest absolute Gasteiger partial charge is 0.508 e. The first-order chi connectivity index (χ1) is 12.3. The van der Waals surface area contributed by atoms with E-state index in [0.717, 1.165) is 43.4 Å². The van der Waals surface area contributed by atoms with Gasteiger partial charge in [-0.3, -0.25) is 0 Å². The van der Waals surface area contributed by atoms with Gasteiger partial charge in [0.25, 0.3) is 0 Å². The maximum Gasteiger partial charge on any atom is 0.119 e. The fraction of sp³-hybridized carbons (Fsp3) is 0.500. The predicted octanol–water partition coefficient (Wildman–Crippen LogP) is 5.53. The lowest BCUT2D eigenvalue weighted by molar-refractivity contribution is 0.351. The van der Waals surface area contributed by atoms with Gasteiger partial charge >= 0.3 is 0 Å². The molecule has 0 radical (unpaired) electrons. The van der Waals surface area contributed by atoms with E-state index in [4.69, 9.17) is 0 Å². The van der Waals surface area contributed by atoms with Crippen molar-refractivity contribution in [1.82, 2.24) is 0 Å². The molecule has 4 atom stereocenters. The van der Waals surface area contributed by atoms with Gasteiger partial charge in [-0.2, -0.15) is 0 Å². The van der Waals surface area contributed by atoms with Crippen LogP contribution in [0.25, 0.3) is 0 Å². The smallest absolute Gasteiger partial charge is 0.119 e. The molecule has 2 heteroatoms. The summed E-state index contributed by atoms with van der Waals surface area (Å²) >= 11 is 0. The molecule has 2 N–H and O–H groups in total. The summed E-state index contributed by atoms with van der Waals surface area (Å²) in [6, 6.07) is 11.6. The van der Waals surface area contributed by atoms with Crippen molar-refractivity contribution in [3.63, 3.8) is 0 Å². The standard InChI is InChI=1S/2C12H16O/c1-8-5-10-3-4-12(13)7-11(10)6-9(8)2;1-8-6-10-4-3-5-12(13)11(10)7-9(8)2/h3-4,7-9,13H,5-6H2,1-2H3;3-5,8-9,13H,6-7H2,1-2H3. The van der Waals surface area contributed by atoms with Gasteiger partial charge in [0.15, 0.2) is 0 Å². The molecule has 0 aromatic heterocycles. The summed E-state index contributed by atoms with van der Waals surface area (Å²) in [5.74, 6) is 3.85. The minimum Gasteiger partial charge on any atom is -0.508 e. The van der Waals surface area contributed by atoms with Gasteiger partial charge in [0, 0.05) is 0 Å². The van der Waals surface area contributed by atoms with E-state index in [0.29, 0.717) is 17.4 Å². The summed E-state index contributed by atoms with van der Waals surface area (Å²) in [6.07, 6.45) is 4.43. The molecular weight excluding hydrogens is 320 g/mol. The van der Waals surface area contributed by atoms with Crippen LogP contribution in [0.1, 0.15) is 49.9 Å². The average molecular weight is 353 g/mol. The third-order valence-corrected chi connectivity index (χ3v) is 6.53. The molecule has 2 aromatic rings. The van der Waals surface area contributed by atoms with Crippen molar-refractivity contribution < 1.29 is 10.2 Å². The van der Waals surface area contributed by atoms with Crippen LogP contribution in [0.15, 0.2) is 36.4 Å². The lowest BCUT2D eigenvalue weighted by Gasteiger charge is -2.28. The number of hydrogen-bond donors (Lipinski definition) is 2. The zero-order valence-electron chi connectivity index (χ0n) is 16.5. The first-order valence-electron chi connectivity index (χ1n) is 9.95. The number of phenols is 2. The summed E-state index contributed by atoms with van der Waals surface area (Å²) in [5.41, 5.74) is 5.27. The summed E-state index contributed by atoms with van der Waals surface area (Å²) in [6.45, 7) is 9.15. The summed E-state index contributed by atoms with van der Waals surface area (Å²) in [7, 11) is 0. The first-order valence-corrected chi connectivity index (χ1v) is 9.95. The fourth-order valence-electron chi connectivity index (χ4n) is 4.22. The number of phenolic OH excluding ortho intramolecular Hbond substituents is 2. The van der Waals surface area contributed by atoms with E-state index in [-0.39, 0.29) is 0 Å². The highest BCUT2D eigenvalue weighted by atomic mass is 16.3. The van der Waals surface area contributed by atoms with Gasteiger partial charge in [0.1, 0.15) is 11.5 Å². The maximum atomic E-state index is 9.66. The zero-order valence-corrected chi connectivity index (χ0v) is 16.5. The Kier molecular flexibility index (Phi) is 5.60. The molecule has 0 bridgehead atoms.